The molecule has 1 aromatic heterocycles. The van der Waals surface area contributed by atoms with Gasteiger partial charge in [-0.05, 0) is 30.5 Å². The van der Waals surface area contributed by atoms with Crippen LogP contribution in [0.2, 0.25) is 0 Å². The molecule has 2 amide bonds. The Labute approximate surface area is 142 Å². The molecule has 0 aliphatic heterocycles. The van der Waals surface area contributed by atoms with Gasteiger partial charge < -0.3 is 20.6 Å². The summed E-state index contributed by atoms with van der Waals surface area (Å²) in [5.74, 6) is 0.825. The zero-order valence-corrected chi connectivity index (χ0v) is 14.1. The van der Waals surface area contributed by atoms with Crippen molar-refractivity contribution in [2.75, 3.05) is 30.9 Å². The average Bonchev–Trinajstić information content (AvgIpc) is 2.59. The van der Waals surface area contributed by atoms with Gasteiger partial charge in [0, 0.05) is 20.7 Å². The van der Waals surface area contributed by atoms with Gasteiger partial charge in [0.05, 0.1) is 17.9 Å². The van der Waals surface area contributed by atoms with Crippen molar-refractivity contribution < 1.29 is 9.90 Å². The van der Waals surface area contributed by atoms with Crippen molar-refractivity contribution in [1.29, 1.82) is 0 Å². The number of amides is 2. The lowest BCUT2D eigenvalue weighted by molar-refractivity contribution is 0.244. The molecule has 2 rings (SSSR count). The molecule has 0 bridgehead atoms. The highest BCUT2D eigenvalue weighted by molar-refractivity contribution is 5.89. The normalized spacial score (nSPS) is 11.6. The number of urea groups is 1. The number of benzene rings is 1. The number of carbonyl (C=O) groups is 1. The van der Waals surface area contributed by atoms with E-state index in [4.69, 9.17) is 5.11 Å². The predicted octanol–water partition coefficient (Wildman–Crippen LogP) is 2.78. The molecule has 1 unspecified atom stereocenters. The van der Waals surface area contributed by atoms with Crippen molar-refractivity contribution in [1.82, 2.24) is 10.3 Å². The Kier molecular flexibility index (Phi) is 6.57. The van der Waals surface area contributed by atoms with E-state index < -0.39 is 0 Å². The minimum Gasteiger partial charge on any atom is -0.396 e. The first-order chi connectivity index (χ1) is 11.6. The summed E-state index contributed by atoms with van der Waals surface area (Å²) in [4.78, 5) is 18.4. The fourth-order valence-electron chi connectivity index (χ4n) is 2.35. The van der Waals surface area contributed by atoms with Gasteiger partial charge in [-0.15, -0.1) is 0 Å². The van der Waals surface area contributed by atoms with Crippen molar-refractivity contribution in [2.45, 2.75) is 18.9 Å². The first kappa shape index (κ1) is 17.7. The second-order valence-corrected chi connectivity index (χ2v) is 5.73. The number of nitrogens with zero attached hydrogens (tertiary/aromatic N) is 2. The third-order valence-corrected chi connectivity index (χ3v) is 3.62. The molecule has 0 aliphatic carbocycles. The molecular weight excluding hydrogens is 304 g/mol. The van der Waals surface area contributed by atoms with E-state index in [0.717, 1.165) is 11.4 Å². The lowest BCUT2D eigenvalue weighted by atomic mass is 10.0. The van der Waals surface area contributed by atoms with Crippen molar-refractivity contribution in [3.8, 4) is 0 Å². The standard InChI is InChI=1S/C18H24N4O2/c1-22(2)17-11-10-15(13-19-17)20-18(24)21-16(9-6-12-23)14-7-4-3-5-8-14/h3-5,7-8,10-11,13,16,23H,6,9,12H2,1-2H3,(H2,20,21,24). The molecule has 3 N–H and O–H groups in total. The minimum absolute atomic E-state index is 0.0998. The summed E-state index contributed by atoms with van der Waals surface area (Å²) < 4.78 is 0. The van der Waals surface area contributed by atoms with E-state index in [2.05, 4.69) is 15.6 Å². The summed E-state index contributed by atoms with van der Waals surface area (Å²) in [5.41, 5.74) is 1.65. The Morgan fingerprint density at radius 1 is 1.21 bits per heavy atom. The van der Waals surface area contributed by atoms with Crippen molar-refractivity contribution >= 4 is 17.5 Å². The maximum atomic E-state index is 12.3. The zero-order chi connectivity index (χ0) is 17.4. The molecule has 2 aromatic rings. The molecule has 128 valence electrons. The Bertz CT molecular complexity index is 629. The summed E-state index contributed by atoms with van der Waals surface area (Å²) in [5, 5.41) is 14.8. The highest BCUT2D eigenvalue weighted by Crippen LogP contribution is 2.18. The van der Waals surface area contributed by atoms with E-state index in [0.29, 0.717) is 18.5 Å². The Morgan fingerprint density at radius 2 is 1.96 bits per heavy atom. The van der Waals surface area contributed by atoms with Gasteiger partial charge in [-0.2, -0.15) is 0 Å². The van der Waals surface area contributed by atoms with Crippen LogP contribution in [-0.2, 0) is 0 Å². The molecule has 6 nitrogen and oxygen atoms in total. The van der Waals surface area contributed by atoms with Gasteiger partial charge in [0.25, 0.3) is 0 Å². The van der Waals surface area contributed by atoms with Crippen LogP contribution in [0.5, 0.6) is 0 Å². The Hall–Kier alpha value is -2.60. The highest BCUT2D eigenvalue weighted by atomic mass is 16.3. The van der Waals surface area contributed by atoms with Gasteiger partial charge in [-0.1, -0.05) is 30.3 Å². The van der Waals surface area contributed by atoms with E-state index in [1.54, 1.807) is 6.20 Å². The van der Waals surface area contributed by atoms with Gasteiger partial charge in [-0.3, -0.25) is 0 Å². The van der Waals surface area contributed by atoms with E-state index in [1.807, 2.05) is 61.5 Å². The fraction of sp³-hybridized carbons (Fsp3) is 0.333. The quantitative estimate of drug-likeness (QED) is 0.730. The lowest BCUT2D eigenvalue weighted by Crippen LogP contribution is -2.32. The molecule has 0 radical (unpaired) electrons. The third-order valence-electron chi connectivity index (χ3n) is 3.62. The van der Waals surface area contributed by atoms with Crippen molar-refractivity contribution in [3.63, 3.8) is 0 Å². The number of pyridine rings is 1. The molecule has 1 heterocycles. The van der Waals surface area contributed by atoms with Crippen LogP contribution in [0.15, 0.2) is 48.7 Å². The van der Waals surface area contributed by atoms with E-state index in [-0.39, 0.29) is 18.7 Å². The van der Waals surface area contributed by atoms with Gasteiger partial charge in [0.15, 0.2) is 0 Å². The molecule has 0 fully saturated rings. The minimum atomic E-state index is -0.291. The lowest BCUT2D eigenvalue weighted by Gasteiger charge is -2.19. The summed E-state index contributed by atoms with van der Waals surface area (Å²) in [6.45, 7) is 0.0998. The van der Waals surface area contributed by atoms with E-state index in [1.165, 1.54) is 0 Å². The maximum Gasteiger partial charge on any atom is 0.319 e. The number of aliphatic hydroxyl groups excluding tert-OH is 1. The molecule has 0 aliphatic rings. The van der Waals surface area contributed by atoms with Crippen LogP contribution < -0.4 is 15.5 Å². The van der Waals surface area contributed by atoms with Crippen LogP contribution in [0.4, 0.5) is 16.3 Å². The van der Waals surface area contributed by atoms with E-state index in [9.17, 15) is 4.79 Å². The second kappa shape index (κ2) is 8.88. The number of anilines is 2. The van der Waals surface area contributed by atoms with Gasteiger partial charge in [-0.25, -0.2) is 9.78 Å². The van der Waals surface area contributed by atoms with Crippen LogP contribution >= 0.6 is 0 Å². The molecule has 0 saturated carbocycles. The first-order valence-electron chi connectivity index (χ1n) is 7.97. The summed E-state index contributed by atoms with van der Waals surface area (Å²) in [6.07, 6.45) is 2.92. The molecular formula is C18H24N4O2. The third kappa shape index (κ3) is 5.24. The largest absolute Gasteiger partial charge is 0.396 e. The first-order valence-corrected chi connectivity index (χ1v) is 7.97. The Balaban J connectivity index is 1.99. The van der Waals surface area contributed by atoms with Crippen LogP contribution in [0.25, 0.3) is 0 Å². The molecule has 6 heteroatoms. The molecule has 0 spiro atoms. The number of nitrogens with one attached hydrogen (secondary N) is 2. The maximum absolute atomic E-state index is 12.3. The zero-order valence-electron chi connectivity index (χ0n) is 14.1. The monoisotopic (exact) mass is 328 g/mol. The smallest absolute Gasteiger partial charge is 0.319 e. The van der Waals surface area contributed by atoms with Crippen LogP contribution in [0.1, 0.15) is 24.4 Å². The number of rotatable bonds is 7. The molecule has 1 aromatic carbocycles. The average molecular weight is 328 g/mol. The van der Waals surface area contributed by atoms with Crippen molar-refractivity contribution in [2.24, 2.45) is 0 Å². The fourth-order valence-corrected chi connectivity index (χ4v) is 2.35. The summed E-state index contributed by atoms with van der Waals surface area (Å²) in [7, 11) is 3.82. The predicted molar refractivity (Wildman–Crippen MR) is 96.2 cm³/mol. The van der Waals surface area contributed by atoms with Crippen LogP contribution in [0, 0.1) is 0 Å². The number of hydrogen-bond acceptors (Lipinski definition) is 4. The number of carbonyl (C=O) groups excluding carboxylic acids is 1. The Morgan fingerprint density at radius 3 is 2.54 bits per heavy atom. The van der Waals surface area contributed by atoms with Gasteiger partial charge >= 0.3 is 6.03 Å². The second-order valence-electron chi connectivity index (χ2n) is 5.73. The summed E-state index contributed by atoms with van der Waals surface area (Å²) in [6, 6.07) is 13.0. The van der Waals surface area contributed by atoms with Gasteiger partial charge in [0.1, 0.15) is 5.82 Å². The van der Waals surface area contributed by atoms with E-state index >= 15 is 0 Å². The molecule has 1 atom stereocenters. The van der Waals surface area contributed by atoms with Crippen molar-refractivity contribution in [3.05, 3.63) is 54.2 Å². The SMILES string of the molecule is CN(C)c1ccc(NC(=O)NC(CCCO)c2ccccc2)cn1. The van der Waals surface area contributed by atoms with Gasteiger partial charge in [0.2, 0.25) is 0 Å². The summed E-state index contributed by atoms with van der Waals surface area (Å²) >= 11 is 0. The molecule has 0 saturated heterocycles. The topological polar surface area (TPSA) is 77.5 Å². The molecule has 24 heavy (non-hydrogen) atoms. The number of hydrogen-bond donors (Lipinski definition) is 3. The van der Waals surface area contributed by atoms with Crippen LogP contribution in [0.3, 0.4) is 0 Å². The van der Waals surface area contributed by atoms with Crippen LogP contribution in [-0.4, -0.2) is 36.8 Å². The number of aliphatic hydroxyl groups is 1. The highest BCUT2D eigenvalue weighted by Gasteiger charge is 2.14. The number of aromatic nitrogens is 1.